The first kappa shape index (κ1) is 21.1. The quantitative estimate of drug-likeness (QED) is 0.345. The molecule has 2 heterocycles. The molecule has 1 N–H and O–H groups in total. The number of furan rings is 1. The van der Waals surface area contributed by atoms with Crippen LogP contribution in [0.3, 0.4) is 0 Å². The second-order valence-corrected chi connectivity index (χ2v) is 7.37. The first-order chi connectivity index (χ1) is 15.6. The predicted octanol–water partition coefficient (Wildman–Crippen LogP) is 2.96. The smallest absolute Gasteiger partial charge is 0.317 e. The number of nitrogens with one attached hydrogen (secondary N) is 1. The van der Waals surface area contributed by atoms with E-state index in [2.05, 4.69) is 11.9 Å². The molecule has 7 heteroatoms. The third-order valence-corrected chi connectivity index (χ3v) is 5.24. The minimum absolute atomic E-state index is 0.183. The van der Waals surface area contributed by atoms with Crippen LogP contribution in [0.5, 0.6) is 0 Å². The van der Waals surface area contributed by atoms with E-state index >= 15 is 0 Å². The maximum Gasteiger partial charge on any atom is 0.317 e. The van der Waals surface area contributed by atoms with Crippen molar-refractivity contribution in [3.63, 3.8) is 0 Å². The Labute approximate surface area is 184 Å². The van der Waals surface area contributed by atoms with Gasteiger partial charge in [0.1, 0.15) is 5.76 Å². The molecule has 0 bridgehead atoms. The summed E-state index contributed by atoms with van der Waals surface area (Å²) in [5.41, 5.74) is 1.49. The molecule has 0 aliphatic heterocycles. The third kappa shape index (κ3) is 4.32. The number of aromatic nitrogens is 2. The van der Waals surface area contributed by atoms with Crippen LogP contribution in [0, 0.1) is 0 Å². The van der Waals surface area contributed by atoms with Gasteiger partial charge in [0.25, 0.3) is 5.91 Å². The summed E-state index contributed by atoms with van der Waals surface area (Å²) >= 11 is 0. The van der Waals surface area contributed by atoms with E-state index in [-0.39, 0.29) is 19.0 Å². The molecule has 0 aliphatic rings. The summed E-state index contributed by atoms with van der Waals surface area (Å²) in [5.74, 6) is 0.631. The summed E-state index contributed by atoms with van der Waals surface area (Å²) in [5, 5.41) is 2.86. The van der Waals surface area contributed by atoms with Gasteiger partial charge in [0.05, 0.1) is 23.8 Å². The number of hydrogen-bond donors (Lipinski definition) is 1. The van der Waals surface area contributed by atoms with Crippen LogP contribution in [-0.2, 0) is 19.5 Å². The van der Waals surface area contributed by atoms with Crippen molar-refractivity contribution >= 4 is 16.9 Å². The minimum atomic E-state index is -0.592. The van der Waals surface area contributed by atoms with Gasteiger partial charge in [-0.1, -0.05) is 30.3 Å². The van der Waals surface area contributed by atoms with Crippen LogP contribution in [0.2, 0.25) is 0 Å². The average Bonchev–Trinajstić information content (AvgIpc) is 3.33. The number of fused-ring (bicyclic) bond motifs is 1. The molecule has 32 heavy (non-hydrogen) atoms. The number of hydrogen-bond acceptors (Lipinski definition) is 4. The van der Waals surface area contributed by atoms with Gasteiger partial charge in [-0.3, -0.25) is 23.5 Å². The highest BCUT2D eigenvalue weighted by atomic mass is 16.3. The molecule has 0 fully saturated rings. The molecule has 0 saturated heterocycles. The van der Waals surface area contributed by atoms with E-state index in [4.69, 9.17) is 4.42 Å². The first-order valence-electron chi connectivity index (χ1n) is 10.3. The average molecular weight is 429 g/mol. The zero-order valence-corrected chi connectivity index (χ0v) is 17.5. The fraction of sp³-hybridized carbons (Fsp3) is 0.160. The van der Waals surface area contributed by atoms with Gasteiger partial charge in [-0.05, 0) is 42.0 Å². The molecule has 162 valence electrons. The van der Waals surface area contributed by atoms with E-state index in [1.165, 1.54) is 9.13 Å². The Hall–Kier alpha value is -4.13. The Morgan fingerprint density at radius 1 is 0.938 bits per heavy atom. The van der Waals surface area contributed by atoms with Gasteiger partial charge >= 0.3 is 11.1 Å². The molecule has 0 atom stereocenters. The number of carbonyl (C=O) groups excluding carboxylic acids is 1. The SMILES string of the molecule is C=CCn1c(=O)c(=O)n(Cc2ccc(C(=O)NCCc3ccco3)cc2)c2ccccc21. The highest BCUT2D eigenvalue weighted by Gasteiger charge is 2.13. The van der Waals surface area contributed by atoms with Gasteiger partial charge in [-0.15, -0.1) is 6.58 Å². The van der Waals surface area contributed by atoms with Gasteiger partial charge in [-0.25, -0.2) is 0 Å². The second-order valence-electron chi connectivity index (χ2n) is 7.37. The van der Waals surface area contributed by atoms with Crippen molar-refractivity contribution in [2.45, 2.75) is 19.5 Å². The molecule has 4 aromatic rings. The van der Waals surface area contributed by atoms with Crippen LogP contribution in [0.25, 0.3) is 11.0 Å². The topological polar surface area (TPSA) is 86.2 Å². The van der Waals surface area contributed by atoms with Gasteiger partial charge in [0, 0.05) is 25.1 Å². The Kier molecular flexibility index (Phi) is 6.17. The minimum Gasteiger partial charge on any atom is -0.469 e. The van der Waals surface area contributed by atoms with E-state index < -0.39 is 11.1 Å². The zero-order chi connectivity index (χ0) is 22.5. The maximum atomic E-state index is 12.8. The van der Waals surface area contributed by atoms with Crippen molar-refractivity contribution in [3.8, 4) is 0 Å². The number of amides is 1. The molecule has 0 aliphatic carbocycles. The van der Waals surface area contributed by atoms with Crippen molar-refractivity contribution in [3.05, 3.63) is 117 Å². The fourth-order valence-corrected chi connectivity index (χ4v) is 3.64. The molecule has 1 amide bonds. The molecule has 0 unspecified atom stereocenters. The molecule has 0 radical (unpaired) electrons. The van der Waals surface area contributed by atoms with E-state index in [9.17, 15) is 14.4 Å². The Morgan fingerprint density at radius 2 is 1.62 bits per heavy atom. The maximum absolute atomic E-state index is 12.8. The van der Waals surface area contributed by atoms with Crippen LogP contribution in [0.15, 0.2) is 93.6 Å². The number of benzene rings is 2. The van der Waals surface area contributed by atoms with E-state index in [1.54, 1.807) is 36.6 Å². The lowest BCUT2D eigenvalue weighted by Gasteiger charge is -2.14. The molecule has 2 aromatic carbocycles. The van der Waals surface area contributed by atoms with Gasteiger partial charge in [0.2, 0.25) is 0 Å². The van der Waals surface area contributed by atoms with E-state index in [0.29, 0.717) is 29.6 Å². The molecule has 0 saturated carbocycles. The summed E-state index contributed by atoms with van der Waals surface area (Å²) in [6, 6.07) is 18.0. The second kappa shape index (κ2) is 9.34. The Morgan fingerprint density at radius 3 is 2.28 bits per heavy atom. The van der Waals surface area contributed by atoms with Crippen LogP contribution < -0.4 is 16.4 Å². The monoisotopic (exact) mass is 429 g/mol. The van der Waals surface area contributed by atoms with Gasteiger partial charge < -0.3 is 9.73 Å². The first-order valence-corrected chi connectivity index (χ1v) is 10.3. The third-order valence-electron chi connectivity index (χ3n) is 5.24. The molecular weight excluding hydrogens is 406 g/mol. The van der Waals surface area contributed by atoms with Crippen LogP contribution in [-0.4, -0.2) is 21.6 Å². The zero-order valence-electron chi connectivity index (χ0n) is 17.5. The number of para-hydroxylation sites is 2. The summed E-state index contributed by atoms with van der Waals surface area (Å²) in [6.07, 6.45) is 3.81. The Bertz CT molecular complexity index is 1360. The number of allylic oxidation sites excluding steroid dienone is 1. The van der Waals surface area contributed by atoms with Crippen molar-refractivity contribution in [1.29, 1.82) is 0 Å². The molecular formula is C25H23N3O4. The number of nitrogens with zero attached hydrogens (tertiary/aromatic N) is 2. The van der Waals surface area contributed by atoms with Crippen LogP contribution in [0.1, 0.15) is 21.7 Å². The predicted molar refractivity (Wildman–Crippen MR) is 123 cm³/mol. The van der Waals surface area contributed by atoms with Crippen molar-refractivity contribution in [2.75, 3.05) is 6.54 Å². The van der Waals surface area contributed by atoms with E-state index in [1.807, 2.05) is 36.4 Å². The van der Waals surface area contributed by atoms with Crippen LogP contribution in [0.4, 0.5) is 0 Å². The van der Waals surface area contributed by atoms with Crippen molar-refractivity contribution in [2.24, 2.45) is 0 Å². The van der Waals surface area contributed by atoms with E-state index in [0.717, 1.165) is 11.3 Å². The lowest BCUT2D eigenvalue weighted by molar-refractivity contribution is 0.0953. The fourth-order valence-electron chi connectivity index (χ4n) is 3.64. The normalized spacial score (nSPS) is 10.9. The van der Waals surface area contributed by atoms with Crippen molar-refractivity contribution < 1.29 is 9.21 Å². The lowest BCUT2D eigenvalue weighted by Crippen LogP contribution is -2.41. The molecule has 0 spiro atoms. The summed E-state index contributed by atoms with van der Waals surface area (Å²) < 4.78 is 8.15. The molecule has 4 rings (SSSR count). The summed E-state index contributed by atoms with van der Waals surface area (Å²) in [7, 11) is 0. The summed E-state index contributed by atoms with van der Waals surface area (Å²) in [6.45, 7) is 4.63. The van der Waals surface area contributed by atoms with Gasteiger partial charge in [0.15, 0.2) is 0 Å². The summed E-state index contributed by atoms with van der Waals surface area (Å²) in [4.78, 5) is 37.8. The van der Waals surface area contributed by atoms with Gasteiger partial charge in [-0.2, -0.15) is 0 Å². The highest BCUT2D eigenvalue weighted by Crippen LogP contribution is 2.13. The lowest BCUT2D eigenvalue weighted by atomic mass is 10.1. The largest absolute Gasteiger partial charge is 0.469 e. The molecule has 2 aromatic heterocycles. The Balaban J connectivity index is 1.53. The van der Waals surface area contributed by atoms with Crippen LogP contribution >= 0.6 is 0 Å². The van der Waals surface area contributed by atoms with Crippen molar-refractivity contribution in [1.82, 2.24) is 14.5 Å². The standard InChI is InChI=1S/C25H23N3O4/c1-2-15-27-21-7-3-4-8-22(21)28(25(31)24(27)30)17-18-9-11-19(12-10-18)23(29)26-14-13-20-6-5-16-32-20/h2-12,16H,1,13-15,17H2,(H,26,29). The number of rotatable bonds is 8. The number of carbonyl (C=O) groups is 1. The molecule has 7 nitrogen and oxygen atoms in total. The highest BCUT2D eigenvalue weighted by molar-refractivity contribution is 5.94.